The molecule has 1 saturated heterocycles. The van der Waals surface area contributed by atoms with Gasteiger partial charge in [-0.15, -0.1) is 5.10 Å². The Morgan fingerprint density at radius 2 is 2.30 bits per heavy atom. The molecule has 2 heterocycles. The fourth-order valence-electron chi connectivity index (χ4n) is 2.31. The molecule has 2 N–H and O–H groups in total. The number of aromatic nitrogens is 3. The molecule has 1 aromatic carbocycles. The standard InChI is InChI=1S/C13H15ClFN5/c1-8-7-20(5-4-16-8)13-17-12(18-19-13)10-6-9(14)2-3-11(10)15/h2-3,6,8,16H,4-5,7H2,1H3,(H,17,18,19). The molecule has 1 unspecified atom stereocenters. The van der Waals surface area contributed by atoms with E-state index in [0.717, 1.165) is 19.6 Å². The Hall–Kier alpha value is -1.66. The number of nitrogens with zero attached hydrogens (tertiary/aromatic N) is 3. The lowest BCUT2D eigenvalue weighted by molar-refractivity contribution is 0.480. The van der Waals surface area contributed by atoms with Crippen molar-refractivity contribution in [3.8, 4) is 11.4 Å². The van der Waals surface area contributed by atoms with Crippen LogP contribution in [0.25, 0.3) is 11.4 Å². The largest absolute Gasteiger partial charge is 0.337 e. The zero-order valence-corrected chi connectivity index (χ0v) is 11.8. The zero-order chi connectivity index (χ0) is 14.1. The lowest BCUT2D eigenvalue weighted by atomic mass is 10.2. The first kappa shape index (κ1) is 13.3. The van der Waals surface area contributed by atoms with Crippen LogP contribution in [0.15, 0.2) is 18.2 Å². The highest BCUT2D eigenvalue weighted by molar-refractivity contribution is 6.30. The van der Waals surface area contributed by atoms with E-state index >= 15 is 0 Å². The van der Waals surface area contributed by atoms with Crippen LogP contribution in [-0.2, 0) is 0 Å². The average Bonchev–Trinajstić information content (AvgIpc) is 2.91. The quantitative estimate of drug-likeness (QED) is 0.890. The van der Waals surface area contributed by atoms with Crippen molar-refractivity contribution in [2.24, 2.45) is 0 Å². The highest BCUT2D eigenvalue weighted by atomic mass is 35.5. The second-order valence-corrected chi connectivity index (χ2v) is 5.35. The van der Waals surface area contributed by atoms with Crippen LogP contribution in [0.4, 0.5) is 10.3 Å². The third-order valence-electron chi connectivity index (χ3n) is 3.31. The summed E-state index contributed by atoms with van der Waals surface area (Å²) < 4.78 is 13.8. The number of rotatable bonds is 2. The maximum atomic E-state index is 13.8. The van der Waals surface area contributed by atoms with Crippen LogP contribution in [0.5, 0.6) is 0 Å². The first-order valence-electron chi connectivity index (χ1n) is 6.49. The molecule has 1 fully saturated rings. The summed E-state index contributed by atoms with van der Waals surface area (Å²) in [7, 11) is 0. The summed E-state index contributed by atoms with van der Waals surface area (Å²) >= 11 is 5.89. The molecule has 106 valence electrons. The van der Waals surface area contributed by atoms with Crippen molar-refractivity contribution in [2.75, 3.05) is 24.5 Å². The van der Waals surface area contributed by atoms with Crippen LogP contribution >= 0.6 is 11.6 Å². The normalized spacial score (nSPS) is 19.4. The van der Waals surface area contributed by atoms with E-state index in [2.05, 4.69) is 32.3 Å². The summed E-state index contributed by atoms with van der Waals surface area (Å²) in [5, 5.41) is 10.8. The first-order valence-corrected chi connectivity index (χ1v) is 6.87. The summed E-state index contributed by atoms with van der Waals surface area (Å²) in [6.07, 6.45) is 0. The maximum absolute atomic E-state index is 13.8. The van der Waals surface area contributed by atoms with Crippen molar-refractivity contribution in [3.63, 3.8) is 0 Å². The van der Waals surface area contributed by atoms with Crippen LogP contribution in [0.2, 0.25) is 5.02 Å². The highest BCUT2D eigenvalue weighted by Gasteiger charge is 2.20. The van der Waals surface area contributed by atoms with Gasteiger partial charge in [0, 0.05) is 30.7 Å². The molecule has 0 saturated carbocycles. The van der Waals surface area contributed by atoms with Crippen molar-refractivity contribution >= 4 is 17.5 Å². The van der Waals surface area contributed by atoms with Gasteiger partial charge in [0.15, 0.2) is 5.82 Å². The number of benzene rings is 1. The minimum absolute atomic E-state index is 0.333. The number of hydrogen-bond acceptors (Lipinski definition) is 4. The summed E-state index contributed by atoms with van der Waals surface area (Å²) in [5.41, 5.74) is 0.333. The minimum atomic E-state index is -0.370. The molecule has 0 radical (unpaired) electrons. The molecule has 7 heteroatoms. The van der Waals surface area contributed by atoms with Crippen LogP contribution in [0, 0.1) is 5.82 Å². The van der Waals surface area contributed by atoms with Crippen molar-refractivity contribution < 1.29 is 4.39 Å². The lowest BCUT2D eigenvalue weighted by Crippen LogP contribution is -2.49. The Morgan fingerprint density at radius 1 is 1.45 bits per heavy atom. The Kier molecular flexibility index (Phi) is 3.58. The Morgan fingerprint density at radius 3 is 3.10 bits per heavy atom. The molecule has 1 atom stereocenters. The lowest BCUT2D eigenvalue weighted by Gasteiger charge is -2.30. The fourth-order valence-corrected chi connectivity index (χ4v) is 2.48. The Balaban J connectivity index is 1.88. The van der Waals surface area contributed by atoms with Crippen molar-refractivity contribution in [2.45, 2.75) is 13.0 Å². The van der Waals surface area contributed by atoms with Gasteiger partial charge in [-0.05, 0) is 25.1 Å². The van der Waals surface area contributed by atoms with Crippen molar-refractivity contribution in [3.05, 3.63) is 29.0 Å². The molecule has 3 rings (SSSR count). The van der Waals surface area contributed by atoms with Crippen LogP contribution in [0.1, 0.15) is 6.92 Å². The molecule has 1 aromatic heterocycles. The second-order valence-electron chi connectivity index (χ2n) is 4.91. The molecule has 0 aliphatic carbocycles. The highest BCUT2D eigenvalue weighted by Crippen LogP contribution is 2.24. The molecule has 20 heavy (non-hydrogen) atoms. The average molecular weight is 296 g/mol. The van der Waals surface area contributed by atoms with Gasteiger partial charge in [0.05, 0.1) is 5.56 Å². The number of H-pyrrole nitrogens is 1. The smallest absolute Gasteiger partial charge is 0.245 e. The van der Waals surface area contributed by atoms with Gasteiger partial charge in [-0.3, -0.25) is 5.10 Å². The molecule has 1 aliphatic heterocycles. The first-order chi connectivity index (χ1) is 9.63. The molecular formula is C13H15ClFN5. The van der Waals surface area contributed by atoms with Crippen molar-refractivity contribution in [1.29, 1.82) is 0 Å². The summed E-state index contributed by atoms with van der Waals surface area (Å²) in [6, 6.07) is 4.76. The summed E-state index contributed by atoms with van der Waals surface area (Å²) in [4.78, 5) is 6.45. The number of piperazine rings is 1. The number of aromatic amines is 1. The van der Waals surface area contributed by atoms with E-state index in [1.807, 2.05) is 0 Å². The number of anilines is 1. The zero-order valence-electron chi connectivity index (χ0n) is 11.0. The van der Waals surface area contributed by atoms with Crippen LogP contribution in [-0.4, -0.2) is 40.9 Å². The van der Waals surface area contributed by atoms with Crippen molar-refractivity contribution in [1.82, 2.24) is 20.5 Å². The topological polar surface area (TPSA) is 56.8 Å². The van der Waals surface area contributed by atoms with Gasteiger partial charge in [-0.1, -0.05) is 11.6 Å². The fraction of sp³-hybridized carbons (Fsp3) is 0.385. The number of hydrogen-bond donors (Lipinski definition) is 2. The molecule has 2 aromatic rings. The molecule has 5 nitrogen and oxygen atoms in total. The molecular weight excluding hydrogens is 281 g/mol. The monoisotopic (exact) mass is 295 g/mol. The van der Waals surface area contributed by atoms with Gasteiger partial charge in [0.1, 0.15) is 5.82 Å². The Labute approximate surface area is 121 Å². The number of nitrogens with one attached hydrogen (secondary N) is 2. The minimum Gasteiger partial charge on any atom is -0.337 e. The van der Waals surface area contributed by atoms with E-state index in [9.17, 15) is 4.39 Å². The Bertz CT molecular complexity index is 615. The van der Waals surface area contributed by atoms with E-state index in [4.69, 9.17) is 11.6 Å². The van der Waals surface area contributed by atoms with E-state index in [0.29, 0.717) is 28.4 Å². The summed E-state index contributed by atoms with van der Waals surface area (Å²) in [6.45, 7) is 4.65. The van der Waals surface area contributed by atoms with Gasteiger partial charge in [-0.2, -0.15) is 4.98 Å². The third-order valence-corrected chi connectivity index (χ3v) is 3.54. The van der Waals surface area contributed by atoms with Gasteiger partial charge in [0.25, 0.3) is 0 Å². The van der Waals surface area contributed by atoms with Gasteiger partial charge < -0.3 is 10.2 Å². The van der Waals surface area contributed by atoms with E-state index in [-0.39, 0.29) is 5.82 Å². The second kappa shape index (κ2) is 5.38. The van der Waals surface area contributed by atoms with Gasteiger partial charge in [0.2, 0.25) is 5.95 Å². The number of halogens is 2. The maximum Gasteiger partial charge on any atom is 0.245 e. The molecule has 0 bridgehead atoms. The van der Waals surface area contributed by atoms with E-state index in [1.165, 1.54) is 12.1 Å². The SMILES string of the molecule is CC1CN(c2n[nH]c(-c3cc(Cl)ccc3F)n2)CCN1. The predicted octanol–water partition coefficient (Wildman–Crippen LogP) is 2.06. The summed E-state index contributed by atoms with van der Waals surface area (Å²) in [5.74, 6) is 0.615. The molecule has 0 amide bonds. The van der Waals surface area contributed by atoms with Crippen LogP contribution < -0.4 is 10.2 Å². The predicted molar refractivity (Wildman–Crippen MR) is 76.5 cm³/mol. The van der Waals surface area contributed by atoms with Crippen LogP contribution in [0.3, 0.4) is 0 Å². The molecule has 1 aliphatic rings. The van der Waals surface area contributed by atoms with E-state index in [1.54, 1.807) is 6.07 Å². The molecule has 0 spiro atoms. The van der Waals surface area contributed by atoms with E-state index < -0.39 is 0 Å². The van der Waals surface area contributed by atoms with Gasteiger partial charge in [-0.25, -0.2) is 4.39 Å². The van der Waals surface area contributed by atoms with Gasteiger partial charge >= 0.3 is 0 Å². The third kappa shape index (κ3) is 2.62.